The lowest BCUT2D eigenvalue weighted by Gasteiger charge is -2.34. The smallest absolute Gasteiger partial charge is 0.309 e. The van der Waals surface area contributed by atoms with Crippen LogP contribution in [0.1, 0.15) is 72.5 Å². The first-order valence-corrected chi connectivity index (χ1v) is 13.8. The number of cyclic esters (lactones) is 1. The van der Waals surface area contributed by atoms with Crippen LogP contribution in [0.5, 0.6) is 11.5 Å². The zero-order chi connectivity index (χ0) is 29.1. The van der Waals surface area contributed by atoms with Gasteiger partial charge in [0.2, 0.25) is 0 Å². The summed E-state index contributed by atoms with van der Waals surface area (Å²) in [6, 6.07) is 4.87. The minimum absolute atomic E-state index is 0.0293. The third-order valence-corrected chi connectivity index (χ3v) is 7.19. The summed E-state index contributed by atoms with van der Waals surface area (Å²) in [4.78, 5) is 28.5. The molecular weight excluding hydrogens is 502 g/mol. The van der Waals surface area contributed by atoms with E-state index in [1.807, 2.05) is 39.8 Å². The summed E-state index contributed by atoms with van der Waals surface area (Å²) in [5.74, 6) is -0.142. The van der Waals surface area contributed by atoms with Crippen LogP contribution in [-0.2, 0) is 23.8 Å². The maximum absolute atomic E-state index is 12.9. The fourth-order valence-electron chi connectivity index (χ4n) is 4.79. The van der Waals surface area contributed by atoms with Gasteiger partial charge in [0.15, 0.2) is 0 Å². The molecule has 218 valence electrons. The average molecular weight is 548 g/mol. The molecule has 10 heteroatoms. The lowest BCUT2D eigenvalue weighted by molar-refractivity contribution is -0.157. The molecule has 1 fully saturated rings. The molecule has 1 saturated heterocycles. The summed E-state index contributed by atoms with van der Waals surface area (Å²) < 4.78 is 28.4. The summed E-state index contributed by atoms with van der Waals surface area (Å²) in [5, 5.41) is 4.06. The Morgan fingerprint density at radius 3 is 2.33 bits per heavy atom. The number of esters is 2. The van der Waals surface area contributed by atoms with Gasteiger partial charge in [0.05, 0.1) is 31.6 Å². The first-order valence-electron chi connectivity index (χ1n) is 13.8. The number of ether oxygens (including phenoxy) is 5. The van der Waals surface area contributed by atoms with Crippen molar-refractivity contribution in [3.05, 3.63) is 34.2 Å². The van der Waals surface area contributed by atoms with Gasteiger partial charge in [0.1, 0.15) is 23.7 Å². The molecule has 1 heterocycles. The van der Waals surface area contributed by atoms with E-state index in [9.17, 15) is 15.1 Å². The molecule has 0 radical (unpaired) electrons. The molecule has 2 rings (SSSR count). The molecule has 1 aliphatic rings. The second-order valence-corrected chi connectivity index (χ2v) is 11.1. The molecule has 1 unspecified atom stereocenters. The minimum atomic E-state index is -0.675. The Balaban J connectivity index is 2.47. The lowest BCUT2D eigenvalue weighted by Crippen LogP contribution is -2.33. The van der Waals surface area contributed by atoms with Crippen LogP contribution in [0.15, 0.2) is 23.3 Å². The van der Waals surface area contributed by atoms with Crippen LogP contribution in [-0.4, -0.2) is 51.5 Å². The predicted octanol–water partition coefficient (Wildman–Crippen LogP) is 6.28. The first-order chi connectivity index (χ1) is 18.5. The maximum atomic E-state index is 12.9. The van der Waals surface area contributed by atoms with Gasteiger partial charge in [0, 0.05) is 42.6 Å². The predicted molar refractivity (Wildman–Crippen MR) is 147 cm³/mol. The summed E-state index contributed by atoms with van der Waals surface area (Å²) in [7, 11) is 3.21. The quantitative estimate of drug-likeness (QED) is 0.0783. The van der Waals surface area contributed by atoms with Gasteiger partial charge in [-0.3, -0.25) is 9.59 Å². The first kappa shape index (κ1) is 32.2. The third kappa shape index (κ3) is 9.32. The molecule has 0 spiro atoms. The molecular formula is C29H45N3O7. The molecule has 0 aliphatic carbocycles. The van der Waals surface area contributed by atoms with Gasteiger partial charge in [-0.1, -0.05) is 46.7 Å². The molecule has 0 N–H and O–H groups in total. The summed E-state index contributed by atoms with van der Waals surface area (Å²) in [6.45, 7) is 12.6. The summed E-state index contributed by atoms with van der Waals surface area (Å²) >= 11 is 0. The number of carbonyl (C=O) groups excluding carboxylic acids is 2. The topological polar surface area (TPSA) is 129 Å². The van der Waals surface area contributed by atoms with Gasteiger partial charge in [-0.2, -0.15) is 0 Å². The Morgan fingerprint density at radius 1 is 1.10 bits per heavy atom. The molecule has 0 saturated carbocycles. The van der Waals surface area contributed by atoms with Gasteiger partial charge >= 0.3 is 11.9 Å². The van der Waals surface area contributed by atoms with E-state index >= 15 is 0 Å². The van der Waals surface area contributed by atoms with Crippen molar-refractivity contribution in [2.45, 2.75) is 79.1 Å². The van der Waals surface area contributed by atoms with E-state index in [0.29, 0.717) is 43.1 Å². The molecule has 5 atom stereocenters. The number of hydrogen-bond donors (Lipinski definition) is 0. The van der Waals surface area contributed by atoms with E-state index in [1.54, 1.807) is 34.1 Å². The van der Waals surface area contributed by atoms with Crippen molar-refractivity contribution in [2.75, 3.05) is 27.4 Å². The number of azide groups is 1. The van der Waals surface area contributed by atoms with Crippen LogP contribution in [0.25, 0.3) is 10.4 Å². The highest BCUT2D eigenvalue weighted by Crippen LogP contribution is 2.41. The fourth-order valence-corrected chi connectivity index (χ4v) is 4.79. The molecule has 1 aromatic carbocycles. The summed E-state index contributed by atoms with van der Waals surface area (Å²) in [5.41, 5.74) is 10.1. The average Bonchev–Trinajstić information content (AvgIpc) is 3.29. The van der Waals surface area contributed by atoms with E-state index in [2.05, 4.69) is 10.0 Å². The Kier molecular flexibility index (Phi) is 12.9. The van der Waals surface area contributed by atoms with Gasteiger partial charge in [-0.25, -0.2) is 0 Å². The highest BCUT2D eigenvalue weighted by Gasteiger charge is 2.42. The number of rotatable bonds is 16. The van der Waals surface area contributed by atoms with Crippen molar-refractivity contribution in [1.82, 2.24) is 0 Å². The third-order valence-electron chi connectivity index (χ3n) is 7.19. The van der Waals surface area contributed by atoms with E-state index < -0.39 is 18.2 Å². The van der Waals surface area contributed by atoms with Gasteiger partial charge < -0.3 is 23.7 Å². The Labute approximate surface area is 232 Å². The molecule has 10 nitrogen and oxygen atoms in total. The standard InChI is InChI=1S/C29H45N3O7/c1-17(2)23(15-25(31-32-30)26-16-24(18(3)4)29(34)38-26)27(39-28(33)19(5)6)20-12-21(36-8)14-22(13-20)37-11-9-10-35-7/h12-14,17-19,23-27H,9-11,15-16H2,1-8H3/t23?,24-,25-,26-,27+/m0/s1. The largest absolute Gasteiger partial charge is 0.497 e. The maximum Gasteiger partial charge on any atom is 0.309 e. The van der Waals surface area contributed by atoms with Crippen LogP contribution in [0.3, 0.4) is 0 Å². The normalized spacial score (nSPS) is 19.4. The zero-order valence-electron chi connectivity index (χ0n) is 24.6. The van der Waals surface area contributed by atoms with Gasteiger partial charge in [-0.15, -0.1) is 0 Å². The van der Waals surface area contributed by atoms with Crippen molar-refractivity contribution in [2.24, 2.45) is 34.7 Å². The second-order valence-electron chi connectivity index (χ2n) is 11.1. The van der Waals surface area contributed by atoms with Crippen LogP contribution < -0.4 is 9.47 Å². The molecule has 1 aliphatic heterocycles. The van der Waals surface area contributed by atoms with Crippen LogP contribution in [0.4, 0.5) is 0 Å². The highest BCUT2D eigenvalue weighted by molar-refractivity contribution is 5.75. The highest BCUT2D eigenvalue weighted by atomic mass is 16.6. The molecule has 39 heavy (non-hydrogen) atoms. The number of hydrogen-bond acceptors (Lipinski definition) is 8. The summed E-state index contributed by atoms with van der Waals surface area (Å²) in [6.07, 6.45) is 0.357. The molecule has 1 aromatic rings. The van der Waals surface area contributed by atoms with Crippen molar-refractivity contribution in [1.29, 1.82) is 0 Å². The van der Waals surface area contributed by atoms with Gasteiger partial charge in [-0.05, 0) is 42.3 Å². The molecule has 0 bridgehead atoms. The lowest BCUT2D eigenvalue weighted by atomic mass is 9.79. The second kappa shape index (κ2) is 15.6. The minimum Gasteiger partial charge on any atom is -0.497 e. The van der Waals surface area contributed by atoms with Crippen LogP contribution in [0, 0.1) is 29.6 Å². The van der Waals surface area contributed by atoms with Crippen molar-refractivity contribution >= 4 is 11.9 Å². The Hall–Kier alpha value is -2.97. The number of methoxy groups -OCH3 is 2. The monoisotopic (exact) mass is 547 g/mol. The number of nitrogens with zero attached hydrogens (tertiary/aromatic N) is 3. The van der Waals surface area contributed by atoms with E-state index in [1.165, 1.54) is 0 Å². The van der Waals surface area contributed by atoms with Crippen LogP contribution >= 0.6 is 0 Å². The van der Waals surface area contributed by atoms with Crippen molar-refractivity contribution in [3.8, 4) is 11.5 Å². The van der Waals surface area contributed by atoms with Crippen molar-refractivity contribution < 1.29 is 33.3 Å². The zero-order valence-corrected chi connectivity index (χ0v) is 24.6. The van der Waals surface area contributed by atoms with E-state index in [4.69, 9.17) is 23.7 Å². The van der Waals surface area contributed by atoms with E-state index in [-0.39, 0.29) is 41.5 Å². The fraction of sp³-hybridized carbons (Fsp3) is 0.724. The SMILES string of the molecule is COCCCOc1cc(OC)cc([C@@H](OC(=O)C(C)C)C(C[C@H](N=[N+]=[N-])[C@@H]2C[C@@H](C(C)C)C(=O)O2)C(C)C)c1. The number of carbonyl (C=O) groups is 2. The van der Waals surface area contributed by atoms with Crippen LogP contribution in [0.2, 0.25) is 0 Å². The number of benzene rings is 1. The van der Waals surface area contributed by atoms with Crippen molar-refractivity contribution in [3.63, 3.8) is 0 Å². The Bertz CT molecular complexity index is 991. The molecule has 0 aromatic heterocycles. The molecule has 0 amide bonds. The van der Waals surface area contributed by atoms with E-state index in [0.717, 1.165) is 6.42 Å². The Morgan fingerprint density at radius 2 is 1.79 bits per heavy atom. The van der Waals surface area contributed by atoms with Gasteiger partial charge in [0.25, 0.3) is 0 Å².